The van der Waals surface area contributed by atoms with Crippen LogP contribution in [0.5, 0.6) is 17.2 Å². The van der Waals surface area contributed by atoms with Gasteiger partial charge < -0.3 is 14.2 Å². The molecular weight excluding hydrogens is 456 g/mol. The minimum absolute atomic E-state index is 0.824. The van der Waals surface area contributed by atoms with Gasteiger partial charge in [-0.25, -0.2) is 0 Å². The van der Waals surface area contributed by atoms with E-state index < -0.39 is 0 Å². The molecule has 6 rings (SSSR count). The number of methoxy groups -OCH3 is 3. The maximum atomic E-state index is 5.92. The molecule has 0 radical (unpaired) electrons. The Labute approximate surface area is 217 Å². The van der Waals surface area contributed by atoms with Gasteiger partial charge in [-0.1, -0.05) is 78.9 Å². The molecule has 5 aromatic rings. The highest BCUT2D eigenvalue weighted by Gasteiger charge is 2.30. The number of benzene rings is 5. The Bertz CT molecular complexity index is 1620. The molecule has 3 heteroatoms. The Morgan fingerprint density at radius 2 is 0.892 bits per heavy atom. The van der Waals surface area contributed by atoms with Crippen LogP contribution in [0.4, 0.5) is 0 Å². The Morgan fingerprint density at radius 3 is 1.49 bits per heavy atom. The van der Waals surface area contributed by atoms with Crippen molar-refractivity contribution < 1.29 is 14.2 Å². The minimum Gasteiger partial charge on any atom is -0.496 e. The van der Waals surface area contributed by atoms with Crippen LogP contribution < -0.4 is 14.2 Å². The fourth-order valence-electron chi connectivity index (χ4n) is 5.63. The molecule has 3 nitrogen and oxygen atoms in total. The molecule has 0 aromatic heterocycles. The van der Waals surface area contributed by atoms with Crippen LogP contribution in [0.15, 0.2) is 103 Å². The van der Waals surface area contributed by atoms with Gasteiger partial charge in [0.1, 0.15) is 17.2 Å². The molecule has 0 saturated heterocycles. The van der Waals surface area contributed by atoms with E-state index >= 15 is 0 Å². The van der Waals surface area contributed by atoms with Crippen molar-refractivity contribution >= 4 is 0 Å². The van der Waals surface area contributed by atoms with Crippen molar-refractivity contribution in [3.05, 3.63) is 114 Å². The lowest BCUT2D eigenvalue weighted by atomic mass is 9.81. The standard InChI is InChI=1S/C34H28O3/c1-35-30-17-9-6-14-24(30)29-21-27-23-13-5-4-12-22(23)20-28(27)33(25-15-7-10-18-31(25)36-2)34(29)26-16-8-11-19-32(26)37-3/h4-19,21H,20H2,1-3H3. The summed E-state index contributed by atoms with van der Waals surface area (Å²) in [6.45, 7) is 0. The summed E-state index contributed by atoms with van der Waals surface area (Å²) in [5.74, 6) is 2.50. The fourth-order valence-corrected chi connectivity index (χ4v) is 5.63. The van der Waals surface area contributed by atoms with E-state index in [0.29, 0.717) is 0 Å². The van der Waals surface area contributed by atoms with Crippen LogP contribution in [-0.2, 0) is 6.42 Å². The number of hydrogen-bond donors (Lipinski definition) is 0. The van der Waals surface area contributed by atoms with Crippen LogP contribution in [0, 0.1) is 0 Å². The molecule has 0 bridgehead atoms. The lowest BCUT2D eigenvalue weighted by molar-refractivity contribution is 0.415. The molecule has 0 N–H and O–H groups in total. The SMILES string of the molecule is COc1ccccc1-c1cc2c(c(-c3ccccc3OC)c1-c1ccccc1OC)Cc1ccccc1-2. The summed E-state index contributed by atoms with van der Waals surface area (Å²) in [5.41, 5.74) is 11.6. The lowest BCUT2D eigenvalue weighted by Gasteiger charge is -2.24. The normalized spacial score (nSPS) is 11.5. The van der Waals surface area contributed by atoms with Crippen LogP contribution in [0.3, 0.4) is 0 Å². The molecule has 1 aliphatic rings. The molecule has 0 spiro atoms. The summed E-state index contributed by atoms with van der Waals surface area (Å²) < 4.78 is 17.7. The van der Waals surface area contributed by atoms with Gasteiger partial charge in [0.25, 0.3) is 0 Å². The topological polar surface area (TPSA) is 27.7 Å². The van der Waals surface area contributed by atoms with Crippen molar-refractivity contribution in [2.24, 2.45) is 0 Å². The quantitative estimate of drug-likeness (QED) is 0.238. The molecule has 0 atom stereocenters. The maximum Gasteiger partial charge on any atom is 0.126 e. The van der Waals surface area contributed by atoms with Gasteiger partial charge in [0.05, 0.1) is 21.3 Å². The van der Waals surface area contributed by atoms with Crippen LogP contribution >= 0.6 is 0 Å². The summed E-state index contributed by atoms with van der Waals surface area (Å²) in [5, 5.41) is 0. The van der Waals surface area contributed by atoms with E-state index in [2.05, 4.69) is 66.7 Å². The number of fused-ring (bicyclic) bond motifs is 3. The summed E-state index contributed by atoms with van der Waals surface area (Å²) >= 11 is 0. The second kappa shape index (κ2) is 9.51. The highest BCUT2D eigenvalue weighted by Crippen LogP contribution is 2.54. The first-order valence-corrected chi connectivity index (χ1v) is 12.4. The Morgan fingerprint density at radius 1 is 0.432 bits per heavy atom. The monoisotopic (exact) mass is 484 g/mol. The molecule has 0 aliphatic heterocycles. The second-order valence-corrected chi connectivity index (χ2v) is 9.14. The minimum atomic E-state index is 0.824. The lowest BCUT2D eigenvalue weighted by Crippen LogP contribution is -2.00. The molecule has 182 valence electrons. The molecule has 5 aromatic carbocycles. The van der Waals surface area contributed by atoms with E-state index in [1.807, 2.05) is 36.4 Å². The van der Waals surface area contributed by atoms with Crippen LogP contribution in [0.1, 0.15) is 11.1 Å². The fraction of sp³-hybridized carbons (Fsp3) is 0.118. The van der Waals surface area contributed by atoms with Gasteiger partial charge in [-0.2, -0.15) is 0 Å². The first-order valence-electron chi connectivity index (χ1n) is 12.4. The van der Waals surface area contributed by atoms with Crippen molar-refractivity contribution in [2.75, 3.05) is 21.3 Å². The third kappa shape index (κ3) is 3.75. The van der Waals surface area contributed by atoms with E-state index in [0.717, 1.165) is 57.1 Å². The second-order valence-electron chi connectivity index (χ2n) is 9.14. The predicted octanol–water partition coefficient (Wildman–Crippen LogP) is 8.28. The summed E-state index contributed by atoms with van der Waals surface area (Å²) in [6.07, 6.45) is 0.854. The maximum absolute atomic E-state index is 5.92. The summed E-state index contributed by atoms with van der Waals surface area (Å²) in [6, 6.07) is 35.8. The van der Waals surface area contributed by atoms with Gasteiger partial charge in [0.15, 0.2) is 0 Å². The van der Waals surface area contributed by atoms with Gasteiger partial charge in [0.2, 0.25) is 0 Å². The van der Waals surface area contributed by atoms with Gasteiger partial charge in [-0.05, 0) is 64.1 Å². The van der Waals surface area contributed by atoms with Crippen molar-refractivity contribution in [2.45, 2.75) is 6.42 Å². The van der Waals surface area contributed by atoms with E-state index in [4.69, 9.17) is 14.2 Å². The van der Waals surface area contributed by atoms with E-state index in [-0.39, 0.29) is 0 Å². The van der Waals surface area contributed by atoms with E-state index in [1.165, 1.54) is 22.3 Å². The summed E-state index contributed by atoms with van der Waals surface area (Å²) in [4.78, 5) is 0. The van der Waals surface area contributed by atoms with Gasteiger partial charge in [-0.3, -0.25) is 0 Å². The van der Waals surface area contributed by atoms with Crippen molar-refractivity contribution in [3.8, 4) is 61.8 Å². The number of hydrogen-bond acceptors (Lipinski definition) is 3. The smallest absolute Gasteiger partial charge is 0.126 e. The molecular formula is C34H28O3. The number of para-hydroxylation sites is 3. The van der Waals surface area contributed by atoms with Crippen molar-refractivity contribution in [1.82, 2.24) is 0 Å². The molecule has 0 fully saturated rings. The molecule has 37 heavy (non-hydrogen) atoms. The van der Waals surface area contributed by atoms with E-state index in [9.17, 15) is 0 Å². The average molecular weight is 485 g/mol. The van der Waals surface area contributed by atoms with Gasteiger partial charge >= 0.3 is 0 Å². The molecule has 0 heterocycles. The van der Waals surface area contributed by atoms with Crippen LogP contribution in [-0.4, -0.2) is 21.3 Å². The Kier molecular flexibility index (Phi) is 5.90. The molecule has 0 unspecified atom stereocenters. The zero-order valence-corrected chi connectivity index (χ0v) is 21.2. The predicted molar refractivity (Wildman–Crippen MR) is 151 cm³/mol. The molecule has 1 aliphatic carbocycles. The first kappa shape index (κ1) is 22.9. The number of ether oxygens (including phenoxy) is 3. The van der Waals surface area contributed by atoms with E-state index in [1.54, 1.807) is 21.3 Å². The van der Waals surface area contributed by atoms with Gasteiger partial charge in [-0.15, -0.1) is 0 Å². The highest BCUT2D eigenvalue weighted by molar-refractivity contribution is 6.04. The molecule has 0 saturated carbocycles. The van der Waals surface area contributed by atoms with Crippen LogP contribution in [0.2, 0.25) is 0 Å². The largest absolute Gasteiger partial charge is 0.496 e. The Hall–Kier alpha value is -4.50. The highest BCUT2D eigenvalue weighted by atomic mass is 16.5. The summed E-state index contributed by atoms with van der Waals surface area (Å²) in [7, 11) is 5.19. The van der Waals surface area contributed by atoms with Crippen LogP contribution in [0.25, 0.3) is 44.5 Å². The molecule has 0 amide bonds. The first-order chi connectivity index (χ1) is 18.2. The van der Waals surface area contributed by atoms with Gasteiger partial charge in [0, 0.05) is 22.3 Å². The number of rotatable bonds is 6. The Balaban J connectivity index is 1.83. The van der Waals surface area contributed by atoms with Crippen molar-refractivity contribution in [3.63, 3.8) is 0 Å². The average Bonchev–Trinajstić information content (AvgIpc) is 3.34. The van der Waals surface area contributed by atoms with Crippen molar-refractivity contribution in [1.29, 1.82) is 0 Å². The zero-order chi connectivity index (χ0) is 25.4. The zero-order valence-electron chi connectivity index (χ0n) is 21.2. The third-order valence-electron chi connectivity index (χ3n) is 7.26. The third-order valence-corrected chi connectivity index (χ3v) is 7.26.